The zero-order valence-corrected chi connectivity index (χ0v) is 15.1. The number of carbonyl (C=O) groups is 2. The summed E-state index contributed by atoms with van der Waals surface area (Å²) in [5, 5.41) is 11.9. The summed E-state index contributed by atoms with van der Waals surface area (Å²) in [5.41, 5.74) is 2.96. The molecule has 8 nitrogen and oxygen atoms in total. The van der Waals surface area contributed by atoms with Crippen LogP contribution in [0.15, 0.2) is 24.5 Å². The molecule has 0 spiro atoms. The summed E-state index contributed by atoms with van der Waals surface area (Å²) in [5.74, 6) is 0.133. The van der Waals surface area contributed by atoms with E-state index in [0.717, 1.165) is 29.7 Å². The van der Waals surface area contributed by atoms with E-state index in [4.69, 9.17) is 0 Å². The standard InChI is InChI=1S/C18H24N6O2/c1-12-4-3-5-13(2)17(12)21-16(26)10-24(14-6-7-14)9-8-15(25)22-18-19-11-20-23-18/h3-5,11,14H,6-10H2,1-2H3,(H,21,26)(H2,19,20,22,23,25). The van der Waals surface area contributed by atoms with Gasteiger partial charge in [0.15, 0.2) is 0 Å². The lowest BCUT2D eigenvalue weighted by atomic mass is 10.1. The minimum absolute atomic E-state index is 0.0510. The van der Waals surface area contributed by atoms with Gasteiger partial charge in [0.2, 0.25) is 17.8 Å². The van der Waals surface area contributed by atoms with E-state index in [2.05, 4.69) is 30.7 Å². The fourth-order valence-electron chi connectivity index (χ4n) is 2.91. The van der Waals surface area contributed by atoms with Gasteiger partial charge in [0.25, 0.3) is 0 Å². The maximum atomic E-state index is 12.5. The highest BCUT2D eigenvalue weighted by Crippen LogP contribution is 2.27. The van der Waals surface area contributed by atoms with E-state index >= 15 is 0 Å². The summed E-state index contributed by atoms with van der Waals surface area (Å²) in [6.45, 7) is 4.78. The molecule has 2 aromatic rings. The van der Waals surface area contributed by atoms with Gasteiger partial charge in [0.05, 0.1) is 6.54 Å². The number of aromatic nitrogens is 3. The number of carbonyl (C=O) groups excluding carboxylic acids is 2. The first-order chi connectivity index (χ1) is 12.5. The second-order valence-electron chi connectivity index (χ2n) is 6.65. The molecular weight excluding hydrogens is 332 g/mol. The Morgan fingerprint density at radius 3 is 2.54 bits per heavy atom. The second kappa shape index (κ2) is 8.09. The molecule has 2 amide bonds. The van der Waals surface area contributed by atoms with Gasteiger partial charge in [0.1, 0.15) is 6.33 Å². The Bertz CT molecular complexity index is 750. The summed E-state index contributed by atoms with van der Waals surface area (Å²) in [6.07, 6.45) is 3.78. The van der Waals surface area contributed by atoms with Crippen molar-refractivity contribution in [3.05, 3.63) is 35.7 Å². The van der Waals surface area contributed by atoms with Crippen LogP contribution in [0.4, 0.5) is 11.6 Å². The van der Waals surface area contributed by atoms with E-state index < -0.39 is 0 Å². The normalized spacial score (nSPS) is 13.7. The lowest BCUT2D eigenvalue weighted by molar-refractivity contribution is -0.119. The number of benzene rings is 1. The van der Waals surface area contributed by atoms with Crippen LogP contribution in [-0.4, -0.2) is 51.0 Å². The topological polar surface area (TPSA) is 103 Å². The largest absolute Gasteiger partial charge is 0.324 e. The summed E-state index contributed by atoms with van der Waals surface area (Å²) in [6, 6.07) is 6.32. The smallest absolute Gasteiger partial charge is 0.238 e. The van der Waals surface area contributed by atoms with Gasteiger partial charge in [-0.3, -0.25) is 19.8 Å². The average Bonchev–Trinajstić information content (AvgIpc) is 3.32. The van der Waals surface area contributed by atoms with E-state index in [1.807, 2.05) is 32.0 Å². The maximum Gasteiger partial charge on any atom is 0.238 e. The van der Waals surface area contributed by atoms with E-state index in [1.54, 1.807) is 0 Å². The number of nitrogens with one attached hydrogen (secondary N) is 3. The first kappa shape index (κ1) is 18.1. The molecule has 0 unspecified atom stereocenters. The van der Waals surface area contributed by atoms with Gasteiger partial charge >= 0.3 is 0 Å². The van der Waals surface area contributed by atoms with Crippen LogP contribution in [-0.2, 0) is 9.59 Å². The highest BCUT2D eigenvalue weighted by Gasteiger charge is 2.30. The Balaban J connectivity index is 1.52. The van der Waals surface area contributed by atoms with Gasteiger partial charge in [-0.1, -0.05) is 18.2 Å². The van der Waals surface area contributed by atoms with Crippen LogP contribution in [0.25, 0.3) is 0 Å². The minimum Gasteiger partial charge on any atom is -0.324 e. The van der Waals surface area contributed by atoms with Gasteiger partial charge in [-0.05, 0) is 37.8 Å². The quantitative estimate of drug-likeness (QED) is 0.670. The zero-order chi connectivity index (χ0) is 18.5. The third-order valence-corrected chi connectivity index (χ3v) is 4.45. The molecule has 1 aliphatic rings. The summed E-state index contributed by atoms with van der Waals surface area (Å²) >= 11 is 0. The zero-order valence-electron chi connectivity index (χ0n) is 15.1. The van der Waals surface area contributed by atoms with Crippen molar-refractivity contribution in [3.8, 4) is 0 Å². The van der Waals surface area contributed by atoms with Gasteiger partial charge in [-0.15, -0.1) is 0 Å². The van der Waals surface area contributed by atoms with Crippen LogP contribution in [0, 0.1) is 13.8 Å². The van der Waals surface area contributed by atoms with Crippen molar-refractivity contribution >= 4 is 23.5 Å². The molecule has 1 aliphatic carbocycles. The first-order valence-corrected chi connectivity index (χ1v) is 8.78. The Hall–Kier alpha value is -2.74. The third kappa shape index (κ3) is 4.89. The lowest BCUT2D eigenvalue weighted by Gasteiger charge is -2.21. The molecule has 1 heterocycles. The number of H-pyrrole nitrogens is 1. The van der Waals surface area contributed by atoms with Crippen molar-refractivity contribution < 1.29 is 9.59 Å². The fourth-order valence-corrected chi connectivity index (χ4v) is 2.91. The van der Waals surface area contributed by atoms with Gasteiger partial charge in [0, 0.05) is 24.7 Å². The van der Waals surface area contributed by atoms with E-state index in [0.29, 0.717) is 25.0 Å². The van der Waals surface area contributed by atoms with Crippen LogP contribution < -0.4 is 10.6 Å². The van der Waals surface area contributed by atoms with Crippen LogP contribution in [0.2, 0.25) is 0 Å². The number of para-hydroxylation sites is 1. The Morgan fingerprint density at radius 1 is 1.19 bits per heavy atom. The molecule has 1 saturated carbocycles. The van der Waals surface area contributed by atoms with Gasteiger partial charge in [-0.2, -0.15) is 10.1 Å². The molecule has 0 saturated heterocycles. The highest BCUT2D eigenvalue weighted by molar-refractivity contribution is 5.94. The SMILES string of the molecule is Cc1cccc(C)c1NC(=O)CN(CCC(=O)Nc1ncn[nH]1)C1CC1. The monoisotopic (exact) mass is 356 g/mol. The predicted molar refractivity (Wildman–Crippen MR) is 98.8 cm³/mol. The highest BCUT2D eigenvalue weighted by atomic mass is 16.2. The van der Waals surface area contributed by atoms with Crippen molar-refractivity contribution in [1.29, 1.82) is 0 Å². The van der Waals surface area contributed by atoms with E-state index in [1.165, 1.54) is 6.33 Å². The number of aromatic amines is 1. The van der Waals surface area contributed by atoms with Crippen molar-refractivity contribution in [1.82, 2.24) is 20.1 Å². The van der Waals surface area contributed by atoms with Crippen LogP contribution >= 0.6 is 0 Å². The first-order valence-electron chi connectivity index (χ1n) is 8.78. The minimum atomic E-state index is -0.150. The van der Waals surface area contributed by atoms with Crippen molar-refractivity contribution in [3.63, 3.8) is 0 Å². The van der Waals surface area contributed by atoms with Crippen molar-refractivity contribution in [2.75, 3.05) is 23.7 Å². The Kier molecular flexibility index (Phi) is 5.62. The third-order valence-electron chi connectivity index (χ3n) is 4.45. The molecule has 1 aromatic carbocycles. The van der Waals surface area contributed by atoms with Gasteiger partial charge < -0.3 is 5.32 Å². The number of rotatable bonds is 8. The molecule has 3 rings (SSSR count). The molecule has 26 heavy (non-hydrogen) atoms. The summed E-state index contributed by atoms with van der Waals surface area (Å²) in [7, 11) is 0. The van der Waals surface area contributed by atoms with Crippen molar-refractivity contribution in [2.45, 2.75) is 39.2 Å². The average molecular weight is 356 g/mol. The lowest BCUT2D eigenvalue weighted by Crippen LogP contribution is -2.37. The molecule has 3 N–H and O–H groups in total. The van der Waals surface area contributed by atoms with E-state index in [9.17, 15) is 9.59 Å². The number of anilines is 2. The number of hydrogen-bond donors (Lipinski definition) is 3. The molecular formula is C18H24N6O2. The Labute approximate surface area is 152 Å². The maximum absolute atomic E-state index is 12.5. The van der Waals surface area contributed by atoms with Crippen LogP contribution in [0.3, 0.4) is 0 Å². The molecule has 138 valence electrons. The van der Waals surface area contributed by atoms with Crippen LogP contribution in [0.5, 0.6) is 0 Å². The molecule has 0 radical (unpaired) electrons. The number of nitrogens with zero attached hydrogens (tertiary/aromatic N) is 3. The molecule has 1 fully saturated rings. The number of hydrogen-bond acceptors (Lipinski definition) is 5. The Morgan fingerprint density at radius 2 is 1.92 bits per heavy atom. The number of aryl methyl sites for hydroxylation is 2. The second-order valence-corrected chi connectivity index (χ2v) is 6.65. The molecule has 1 aromatic heterocycles. The predicted octanol–water partition coefficient (Wildman–Crippen LogP) is 1.85. The van der Waals surface area contributed by atoms with Gasteiger partial charge in [-0.25, -0.2) is 5.10 Å². The fraction of sp³-hybridized carbons (Fsp3) is 0.444. The van der Waals surface area contributed by atoms with Crippen molar-refractivity contribution in [2.24, 2.45) is 0 Å². The molecule has 0 atom stereocenters. The molecule has 0 aliphatic heterocycles. The molecule has 0 bridgehead atoms. The number of amides is 2. The summed E-state index contributed by atoms with van der Waals surface area (Å²) < 4.78 is 0. The van der Waals surface area contributed by atoms with E-state index in [-0.39, 0.29) is 18.4 Å². The molecule has 8 heteroatoms. The van der Waals surface area contributed by atoms with Crippen LogP contribution in [0.1, 0.15) is 30.4 Å². The summed E-state index contributed by atoms with van der Waals surface area (Å²) in [4.78, 5) is 30.4.